The van der Waals surface area contributed by atoms with Gasteiger partial charge in [0.05, 0.1) is 16.8 Å². The average Bonchev–Trinajstić information content (AvgIpc) is 3.20. The fourth-order valence-corrected chi connectivity index (χ4v) is 4.07. The Balaban J connectivity index is 1.47. The Morgan fingerprint density at radius 3 is 2.42 bits per heavy atom. The van der Waals surface area contributed by atoms with E-state index in [1.807, 2.05) is 6.07 Å². The second kappa shape index (κ2) is 10.2. The van der Waals surface area contributed by atoms with Gasteiger partial charge < -0.3 is 5.11 Å². The first-order chi connectivity index (χ1) is 15.7. The summed E-state index contributed by atoms with van der Waals surface area (Å²) < 4.78 is 40.3. The van der Waals surface area contributed by atoms with Gasteiger partial charge in [0.15, 0.2) is 11.4 Å². The van der Waals surface area contributed by atoms with E-state index in [1.54, 1.807) is 24.3 Å². The molecule has 0 saturated heterocycles. The fraction of sp³-hybridized carbons (Fsp3) is 0.190. The Hall–Kier alpha value is -3.77. The molecule has 10 nitrogen and oxygen atoms in total. The SMILES string of the molecule is CN(CCCC(=O)NNC(=O)c1nn(-c2ccccc2)cc1O)S(=O)(=O)c1ccc(F)cc1. The van der Waals surface area contributed by atoms with Gasteiger partial charge in [0.2, 0.25) is 15.9 Å². The quantitative estimate of drug-likeness (QED) is 0.424. The van der Waals surface area contributed by atoms with Crippen LogP contribution in [0.4, 0.5) is 4.39 Å². The third kappa shape index (κ3) is 5.93. The lowest BCUT2D eigenvalue weighted by molar-refractivity contribution is -0.122. The Morgan fingerprint density at radius 2 is 1.76 bits per heavy atom. The van der Waals surface area contributed by atoms with Crippen molar-refractivity contribution in [3.05, 3.63) is 72.3 Å². The number of hydrogen-bond acceptors (Lipinski definition) is 6. The molecule has 3 rings (SSSR count). The van der Waals surface area contributed by atoms with Crippen molar-refractivity contribution < 1.29 is 27.5 Å². The van der Waals surface area contributed by atoms with Crippen molar-refractivity contribution in [2.24, 2.45) is 0 Å². The minimum absolute atomic E-state index is 0.0311. The molecule has 33 heavy (non-hydrogen) atoms. The minimum Gasteiger partial charge on any atom is -0.504 e. The van der Waals surface area contributed by atoms with Crippen LogP contribution in [-0.2, 0) is 14.8 Å². The van der Waals surface area contributed by atoms with Crippen LogP contribution < -0.4 is 10.9 Å². The van der Waals surface area contributed by atoms with E-state index in [-0.39, 0.29) is 35.7 Å². The lowest BCUT2D eigenvalue weighted by Gasteiger charge is -2.17. The third-order valence-electron chi connectivity index (χ3n) is 4.64. The van der Waals surface area contributed by atoms with E-state index in [0.717, 1.165) is 28.6 Å². The number of aromatic hydroxyl groups is 1. The normalized spacial score (nSPS) is 11.4. The zero-order chi connectivity index (χ0) is 24.0. The van der Waals surface area contributed by atoms with Crippen molar-refractivity contribution in [3.63, 3.8) is 0 Å². The summed E-state index contributed by atoms with van der Waals surface area (Å²) in [6.45, 7) is 0.0311. The van der Waals surface area contributed by atoms with E-state index in [1.165, 1.54) is 17.9 Å². The van der Waals surface area contributed by atoms with Crippen LogP contribution in [0, 0.1) is 5.82 Å². The van der Waals surface area contributed by atoms with Crippen LogP contribution in [0.5, 0.6) is 5.75 Å². The standard InChI is InChI=1S/C21H22FN5O5S/c1-26(33(31,32)17-11-9-15(22)10-12-17)13-5-8-19(29)23-24-21(30)20-18(28)14-27(25-20)16-6-3-2-4-7-16/h2-4,6-7,9-12,14,28H,5,8,13H2,1H3,(H,23,29)(H,24,30). The number of halogens is 1. The number of aromatic nitrogens is 2. The first-order valence-electron chi connectivity index (χ1n) is 9.83. The Bertz CT molecular complexity index is 1230. The summed E-state index contributed by atoms with van der Waals surface area (Å²) in [4.78, 5) is 24.2. The van der Waals surface area contributed by atoms with Gasteiger partial charge in [-0.15, -0.1) is 0 Å². The van der Waals surface area contributed by atoms with Crippen molar-refractivity contribution >= 4 is 21.8 Å². The van der Waals surface area contributed by atoms with Crippen molar-refractivity contribution in [2.45, 2.75) is 17.7 Å². The number of para-hydroxylation sites is 1. The van der Waals surface area contributed by atoms with Gasteiger partial charge >= 0.3 is 0 Å². The highest BCUT2D eigenvalue weighted by molar-refractivity contribution is 7.89. The van der Waals surface area contributed by atoms with Gasteiger partial charge in [-0.2, -0.15) is 5.10 Å². The first-order valence-corrected chi connectivity index (χ1v) is 11.3. The number of carbonyl (C=O) groups excluding carboxylic acids is 2. The van der Waals surface area contributed by atoms with E-state index in [9.17, 15) is 27.5 Å². The largest absolute Gasteiger partial charge is 0.504 e. The van der Waals surface area contributed by atoms with Gasteiger partial charge in [-0.3, -0.25) is 20.4 Å². The van der Waals surface area contributed by atoms with Gasteiger partial charge in [0, 0.05) is 20.0 Å². The number of nitrogens with zero attached hydrogens (tertiary/aromatic N) is 3. The smallest absolute Gasteiger partial charge is 0.294 e. The number of carbonyl (C=O) groups is 2. The van der Waals surface area contributed by atoms with Crippen LogP contribution in [0.2, 0.25) is 0 Å². The molecule has 1 aromatic heterocycles. The molecule has 3 aromatic rings. The lowest BCUT2D eigenvalue weighted by atomic mass is 10.3. The summed E-state index contributed by atoms with van der Waals surface area (Å²) in [6.07, 6.45) is 1.37. The van der Waals surface area contributed by atoms with Crippen LogP contribution in [0.15, 0.2) is 65.7 Å². The summed E-state index contributed by atoms with van der Waals surface area (Å²) in [5.74, 6) is -2.28. The lowest BCUT2D eigenvalue weighted by Crippen LogP contribution is -2.42. The molecular formula is C21H22FN5O5S. The highest BCUT2D eigenvalue weighted by atomic mass is 32.2. The summed E-state index contributed by atoms with van der Waals surface area (Å²) in [6, 6.07) is 13.3. The fourth-order valence-electron chi connectivity index (χ4n) is 2.86. The highest BCUT2D eigenvalue weighted by Gasteiger charge is 2.21. The molecule has 0 unspecified atom stereocenters. The number of amides is 2. The van der Waals surface area contributed by atoms with Crippen LogP contribution >= 0.6 is 0 Å². The minimum atomic E-state index is -3.81. The summed E-state index contributed by atoms with van der Waals surface area (Å²) >= 11 is 0. The zero-order valence-electron chi connectivity index (χ0n) is 17.6. The second-order valence-corrected chi connectivity index (χ2v) is 9.07. The maximum atomic E-state index is 13.0. The molecule has 1 heterocycles. The third-order valence-corrected chi connectivity index (χ3v) is 6.52. The van der Waals surface area contributed by atoms with Crippen LogP contribution in [0.3, 0.4) is 0 Å². The number of nitrogens with one attached hydrogen (secondary N) is 2. The molecule has 0 radical (unpaired) electrons. The van der Waals surface area contributed by atoms with Gasteiger partial charge in [-0.25, -0.2) is 21.8 Å². The molecule has 0 spiro atoms. The predicted molar refractivity (Wildman–Crippen MR) is 116 cm³/mol. The van der Waals surface area contributed by atoms with Crippen molar-refractivity contribution in [1.82, 2.24) is 24.9 Å². The van der Waals surface area contributed by atoms with E-state index in [0.29, 0.717) is 5.69 Å². The average molecular weight is 476 g/mol. The van der Waals surface area contributed by atoms with Gasteiger partial charge in [-0.05, 0) is 42.8 Å². The molecule has 0 bridgehead atoms. The number of benzene rings is 2. The van der Waals surface area contributed by atoms with E-state index in [4.69, 9.17) is 0 Å². The maximum Gasteiger partial charge on any atom is 0.294 e. The molecule has 2 aromatic carbocycles. The number of hydrogen-bond donors (Lipinski definition) is 3. The Labute approximate surface area is 189 Å². The zero-order valence-corrected chi connectivity index (χ0v) is 18.4. The second-order valence-electron chi connectivity index (χ2n) is 7.03. The summed E-state index contributed by atoms with van der Waals surface area (Å²) in [5.41, 5.74) is 4.72. The molecule has 0 fully saturated rings. The molecule has 2 amide bonds. The molecule has 3 N–H and O–H groups in total. The van der Waals surface area contributed by atoms with Gasteiger partial charge in [-0.1, -0.05) is 18.2 Å². The van der Waals surface area contributed by atoms with E-state index < -0.39 is 27.7 Å². The van der Waals surface area contributed by atoms with Crippen LogP contribution in [0.1, 0.15) is 23.3 Å². The number of sulfonamides is 1. The monoisotopic (exact) mass is 475 g/mol. The molecule has 0 saturated carbocycles. The Morgan fingerprint density at radius 1 is 1.09 bits per heavy atom. The van der Waals surface area contributed by atoms with Crippen LogP contribution in [0.25, 0.3) is 5.69 Å². The number of rotatable bonds is 8. The molecule has 0 aliphatic heterocycles. The molecule has 0 atom stereocenters. The van der Waals surface area contributed by atoms with Gasteiger partial charge in [0.25, 0.3) is 5.91 Å². The number of hydrazine groups is 1. The summed E-state index contributed by atoms with van der Waals surface area (Å²) in [7, 11) is -2.46. The van der Waals surface area contributed by atoms with E-state index in [2.05, 4.69) is 16.0 Å². The topological polar surface area (TPSA) is 134 Å². The molecule has 174 valence electrons. The molecule has 0 aliphatic carbocycles. The van der Waals surface area contributed by atoms with E-state index >= 15 is 0 Å². The van der Waals surface area contributed by atoms with Crippen molar-refractivity contribution in [2.75, 3.05) is 13.6 Å². The Kier molecular flexibility index (Phi) is 7.41. The highest BCUT2D eigenvalue weighted by Crippen LogP contribution is 2.18. The maximum absolute atomic E-state index is 13.0. The first kappa shape index (κ1) is 23.9. The van der Waals surface area contributed by atoms with Crippen molar-refractivity contribution in [3.8, 4) is 11.4 Å². The molecule has 12 heteroatoms. The summed E-state index contributed by atoms with van der Waals surface area (Å²) in [5, 5.41) is 14.0. The van der Waals surface area contributed by atoms with Gasteiger partial charge in [0.1, 0.15) is 5.82 Å². The van der Waals surface area contributed by atoms with Crippen molar-refractivity contribution in [1.29, 1.82) is 0 Å². The predicted octanol–water partition coefficient (Wildman–Crippen LogP) is 1.58. The molecule has 0 aliphatic rings. The van der Waals surface area contributed by atoms with Crippen LogP contribution in [-0.4, -0.2) is 53.0 Å². The molecular weight excluding hydrogens is 453 g/mol.